The lowest BCUT2D eigenvalue weighted by molar-refractivity contribution is 0.00781. The fourth-order valence-corrected chi connectivity index (χ4v) is 3.00. The topological polar surface area (TPSA) is 71.4 Å². The van der Waals surface area contributed by atoms with E-state index in [0.717, 1.165) is 45.0 Å². The Morgan fingerprint density at radius 2 is 2.05 bits per heavy atom. The number of hydrogen-bond donors (Lipinski definition) is 1. The third kappa shape index (κ3) is 2.66. The van der Waals surface area contributed by atoms with Gasteiger partial charge >= 0.3 is 0 Å². The highest BCUT2D eigenvalue weighted by molar-refractivity contribution is 5.02. The van der Waals surface area contributed by atoms with E-state index in [1.807, 2.05) is 0 Å². The summed E-state index contributed by atoms with van der Waals surface area (Å²) in [5.41, 5.74) is 6.09. The minimum absolute atomic E-state index is 0.141. The van der Waals surface area contributed by atoms with Crippen LogP contribution < -0.4 is 5.73 Å². The molecule has 0 aliphatic carbocycles. The summed E-state index contributed by atoms with van der Waals surface area (Å²) in [6, 6.07) is 0.142. The molecule has 3 fully saturated rings. The molecule has 106 valence electrons. The summed E-state index contributed by atoms with van der Waals surface area (Å²) in [5, 5.41) is 4.15. The van der Waals surface area contributed by atoms with Crippen molar-refractivity contribution in [2.75, 3.05) is 32.7 Å². The van der Waals surface area contributed by atoms with Crippen LogP contribution in [0.2, 0.25) is 0 Å². The van der Waals surface area contributed by atoms with Crippen LogP contribution in [0.1, 0.15) is 44.1 Å². The molecule has 0 aromatic carbocycles. The maximum atomic E-state index is 6.09. The van der Waals surface area contributed by atoms with Gasteiger partial charge in [0.15, 0.2) is 5.82 Å². The summed E-state index contributed by atoms with van der Waals surface area (Å²) in [7, 11) is 0. The molecule has 1 aromatic rings. The molecule has 19 heavy (non-hydrogen) atoms. The van der Waals surface area contributed by atoms with E-state index >= 15 is 0 Å². The van der Waals surface area contributed by atoms with Crippen LogP contribution in [0.3, 0.4) is 0 Å². The molecule has 0 saturated carbocycles. The quantitative estimate of drug-likeness (QED) is 0.867. The Labute approximate surface area is 113 Å². The smallest absolute Gasteiger partial charge is 0.243 e. The minimum atomic E-state index is -0.141. The number of rotatable bonds is 4. The molecule has 0 radical (unpaired) electrons. The number of piperazine rings is 3. The molecule has 4 heterocycles. The van der Waals surface area contributed by atoms with Crippen molar-refractivity contribution in [3.63, 3.8) is 0 Å². The second kappa shape index (κ2) is 5.19. The van der Waals surface area contributed by atoms with Gasteiger partial charge in [-0.25, -0.2) is 0 Å². The van der Waals surface area contributed by atoms with Crippen molar-refractivity contribution in [2.24, 2.45) is 11.7 Å². The van der Waals surface area contributed by atoms with Gasteiger partial charge in [0.05, 0.1) is 12.1 Å². The van der Waals surface area contributed by atoms with Crippen molar-refractivity contribution >= 4 is 0 Å². The zero-order valence-electron chi connectivity index (χ0n) is 11.7. The largest absolute Gasteiger partial charge is 0.338 e. The summed E-state index contributed by atoms with van der Waals surface area (Å²) in [6.07, 6.45) is 0.877. The average molecular weight is 265 g/mol. The molecule has 3 saturated heterocycles. The van der Waals surface area contributed by atoms with Gasteiger partial charge in [0.1, 0.15) is 0 Å². The fraction of sp³-hybridized carbons (Fsp3) is 0.846. The Balaban J connectivity index is 1.71. The summed E-state index contributed by atoms with van der Waals surface area (Å²) in [6.45, 7) is 9.84. The Morgan fingerprint density at radius 3 is 2.63 bits per heavy atom. The van der Waals surface area contributed by atoms with Gasteiger partial charge in [-0.1, -0.05) is 19.0 Å². The Morgan fingerprint density at radius 1 is 1.32 bits per heavy atom. The van der Waals surface area contributed by atoms with Gasteiger partial charge < -0.3 is 10.3 Å². The SMILES string of the molecule is CC(C)C[C@@H](N)c1nc(C2CN3CCN2CC3)no1. The van der Waals surface area contributed by atoms with Crippen LogP contribution in [0.4, 0.5) is 0 Å². The lowest BCUT2D eigenvalue weighted by atomic mass is 10.0. The molecule has 3 aliphatic rings. The van der Waals surface area contributed by atoms with E-state index < -0.39 is 0 Å². The molecular weight excluding hydrogens is 242 g/mol. The number of fused-ring (bicyclic) bond motifs is 3. The first-order chi connectivity index (χ1) is 9.13. The average Bonchev–Trinajstić information content (AvgIpc) is 2.89. The van der Waals surface area contributed by atoms with Gasteiger partial charge in [-0.2, -0.15) is 4.98 Å². The predicted molar refractivity (Wildman–Crippen MR) is 71.4 cm³/mol. The molecule has 0 amide bonds. The number of nitrogens with zero attached hydrogens (tertiary/aromatic N) is 4. The predicted octanol–water partition coefficient (Wildman–Crippen LogP) is 0.788. The van der Waals surface area contributed by atoms with Crippen molar-refractivity contribution in [2.45, 2.75) is 32.4 Å². The monoisotopic (exact) mass is 265 g/mol. The maximum absolute atomic E-state index is 6.09. The van der Waals surface area contributed by atoms with Gasteiger partial charge in [-0.3, -0.25) is 9.80 Å². The zero-order valence-corrected chi connectivity index (χ0v) is 11.7. The molecule has 2 bridgehead atoms. The summed E-state index contributed by atoms with van der Waals surface area (Å²) in [4.78, 5) is 9.45. The van der Waals surface area contributed by atoms with E-state index in [0.29, 0.717) is 11.8 Å². The first-order valence-corrected chi connectivity index (χ1v) is 7.19. The van der Waals surface area contributed by atoms with Crippen LogP contribution >= 0.6 is 0 Å². The minimum Gasteiger partial charge on any atom is -0.338 e. The second-order valence-electron chi connectivity index (χ2n) is 6.08. The molecule has 2 atom stereocenters. The van der Waals surface area contributed by atoms with E-state index in [2.05, 4.69) is 33.8 Å². The molecule has 2 N–H and O–H groups in total. The fourth-order valence-electron chi connectivity index (χ4n) is 3.00. The van der Waals surface area contributed by atoms with E-state index in [1.165, 1.54) is 0 Å². The Kier molecular flexibility index (Phi) is 3.56. The molecule has 3 aliphatic heterocycles. The third-order valence-corrected chi connectivity index (χ3v) is 4.08. The van der Waals surface area contributed by atoms with Gasteiger partial charge in [0.25, 0.3) is 0 Å². The maximum Gasteiger partial charge on any atom is 0.243 e. The summed E-state index contributed by atoms with van der Waals surface area (Å²) < 4.78 is 5.36. The Hall–Kier alpha value is -0.980. The van der Waals surface area contributed by atoms with Crippen LogP contribution in [0.15, 0.2) is 4.52 Å². The van der Waals surface area contributed by atoms with Crippen molar-refractivity contribution < 1.29 is 4.52 Å². The zero-order chi connectivity index (χ0) is 13.4. The summed E-state index contributed by atoms with van der Waals surface area (Å²) in [5.74, 6) is 1.92. The number of nitrogens with two attached hydrogens (primary N) is 1. The van der Waals surface area contributed by atoms with Crippen LogP contribution in [0, 0.1) is 5.92 Å². The summed E-state index contributed by atoms with van der Waals surface area (Å²) >= 11 is 0. The highest BCUT2D eigenvalue weighted by Crippen LogP contribution is 2.28. The van der Waals surface area contributed by atoms with Gasteiger partial charge in [0.2, 0.25) is 5.89 Å². The van der Waals surface area contributed by atoms with E-state index in [9.17, 15) is 0 Å². The molecule has 6 nitrogen and oxygen atoms in total. The first-order valence-electron chi connectivity index (χ1n) is 7.19. The van der Waals surface area contributed by atoms with Crippen LogP contribution in [0.5, 0.6) is 0 Å². The molecule has 6 heteroatoms. The van der Waals surface area contributed by atoms with Crippen molar-refractivity contribution in [1.29, 1.82) is 0 Å². The lowest BCUT2D eigenvalue weighted by Crippen LogP contribution is -2.57. The van der Waals surface area contributed by atoms with Crippen molar-refractivity contribution in [3.05, 3.63) is 11.7 Å². The molecule has 1 aromatic heterocycles. The molecule has 4 rings (SSSR count). The van der Waals surface area contributed by atoms with Crippen molar-refractivity contribution in [1.82, 2.24) is 19.9 Å². The third-order valence-electron chi connectivity index (χ3n) is 4.08. The van der Waals surface area contributed by atoms with E-state index in [1.54, 1.807) is 0 Å². The van der Waals surface area contributed by atoms with Gasteiger partial charge in [0, 0.05) is 32.7 Å². The van der Waals surface area contributed by atoms with Gasteiger partial charge in [-0.15, -0.1) is 0 Å². The van der Waals surface area contributed by atoms with Gasteiger partial charge in [-0.05, 0) is 12.3 Å². The van der Waals surface area contributed by atoms with Crippen LogP contribution in [-0.2, 0) is 0 Å². The highest BCUT2D eigenvalue weighted by Gasteiger charge is 2.35. The van der Waals surface area contributed by atoms with Crippen LogP contribution in [0.25, 0.3) is 0 Å². The first kappa shape index (κ1) is 13.0. The molecule has 1 unspecified atom stereocenters. The molecular formula is C13H23N5O. The molecule has 0 spiro atoms. The number of hydrogen-bond acceptors (Lipinski definition) is 6. The highest BCUT2D eigenvalue weighted by atomic mass is 16.5. The lowest BCUT2D eigenvalue weighted by Gasteiger charge is -2.46. The van der Waals surface area contributed by atoms with E-state index in [4.69, 9.17) is 10.3 Å². The standard InChI is InChI=1S/C13H23N5O/c1-9(2)7-10(14)13-15-12(16-19-13)11-8-17-3-5-18(11)6-4-17/h9-11H,3-8,14H2,1-2H3/t10-,11?/m1/s1. The van der Waals surface area contributed by atoms with E-state index in [-0.39, 0.29) is 12.1 Å². The van der Waals surface area contributed by atoms with Crippen molar-refractivity contribution in [3.8, 4) is 0 Å². The normalized spacial score (nSPS) is 31.9. The number of aromatic nitrogens is 2. The Bertz CT molecular complexity index is 424. The van der Waals surface area contributed by atoms with Crippen LogP contribution in [-0.4, -0.2) is 52.7 Å². The second-order valence-corrected chi connectivity index (χ2v) is 6.08.